The Morgan fingerprint density at radius 3 is 3.00 bits per heavy atom. The summed E-state index contributed by atoms with van der Waals surface area (Å²) >= 11 is 1.79. The molecular weight excluding hydrogens is 230 g/mol. The summed E-state index contributed by atoms with van der Waals surface area (Å²) in [5, 5.41) is 2.11. The van der Waals surface area contributed by atoms with Crippen LogP contribution in [-0.2, 0) is 6.42 Å². The quantitative estimate of drug-likeness (QED) is 0.630. The van der Waals surface area contributed by atoms with Crippen LogP contribution in [-0.4, -0.2) is 4.98 Å². The highest BCUT2D eigenvalue weighted by Crippen LogP contribution is 2.20. The number of aryl methyl sites for hydroxylation is 2. The van der Waals surface area contributed by atoms with E-state index in [9.17, 15) is 0 Å². The van der Waals surface area contributed by atoms with Crippen LogP contribution in [0, 0.1) is 6.92 Å². The summed E-state index contributed by atoms with van der Waals surface area (Å²) in [6.45, 7) is 2.00. The molecule has 0 fully saturated rings. The number of nitrogens with two attached hydrogens (primary N) is 1. The molecule has 3 nitrogen and oxygen atoms in total. The molecule has 90 valence electrons. The van der Waals surface area contributed by atoms with E-state index in [1.54, 1.807) is 11.3 Å². The van der Waals surface area contributed by atoms with Crippen LogP contribution >= 0.6 is 11.3 Å². The molecule has 2 aromatic rings. The maximum absolute atomic E-state index is 5.63. The van der Waals surface area contributed by atoms with Gasteiger partial charge in [-0.2, -0.15) is 0 Å². The molecule has 17 heavy (non-hydrogen) atoms. The number of nitrogens with one attached hydrogen (secondary N) is 1. The second-order valence-corrected chi connectivity index (χ2v) is 5.10. The zero-order valence-corrected chi connectivity index (χ0v) is 10.7. The van der Waals surface area contributed by atoms with Gasteiger partial charge in [0, 0.05) is 22.8 Å². The van der Waals surface area contributed by atoms with Crippen molar-refractivity contribution in [1.29, 1.82) is 0 Å². The monoisotopic (exact) mass is 247 g/mol. The smallest absolute Gasteiger partial charge is 0.0464 e. The van der Waals surface area contributed by atoms with E-state index in [1.807, 2.05) is 19.2 Å². The van der Waals surface area contributed by atoms with Crippen LogP contribution in [0.3, 0.4) is 0 Å². The maximum atomic E-state index is 5.63. The molecule has 0 spiro atoms. The second-order valence-electron chi connectivity index (χ2n) is 4.07. The van der Waals surface area contributed by atoms with Crippen molar-refractivity contribution in [3.8, 4) is 0 Å². The van der Waals surface area contributed by atoms with Gasteiger partial charge in [-0.3, -0.25) is 16.3 Å². The Balaban J connectivity index is 2.01. The lowest BCUT2D eigenvalue weighted by molar-refractivity contribution is 0.517. The molecule has 2 rings (SSSR count). The van der Waals surface area contributed by atoms with Crippen LogP contribution in [0.4, 0.5) is 0 Å². The normalized spacial score (nSPS) is 12.6. The summed E-state index contributed by atoms with van der Waals surface area (Å²) in [5.41, 5.74) is 5.12. The minimum Gasteiger partial charge on any atom is -0.271 e. The first-order valence-electron chi connectivity index (χ1n) is 5.70. The molecular formula is C13H17N3S. The fourth-order valence-corrected chi connectivity index (χ4v) is 2.60. The summed E-state index contributed by atoms with van der Waals surface area (Å²) in [4.78, 5) is 5.60. The summed E-state index contributed by atoms with van der Waals surface area (Å²) in [6.07, 6.45) is 3.88. The van der Waals surface area contributed by atoms with Crippen LogP contribution in [0.2, 0.25) is 0 Å². The molecule has 0 amide bonds. The van der Waals surface area contributed by atoms with Crippen molar-refractivity contribution in [3.63, 3.8) is 0 Å². The predicted octanol–water partition coefficient (Wildman–Crippen LogP) is 2.59. The fraction of sp³-hybridized carbons (Fsp3) is 0.308. The van der Waals surface area contributed by atoms with E-state index in [0.717, 1.165) is 18.5 Å². The van der Waals surface area contributed by atoms with Crippen molar-refractivity contribution in [1.82, 2.24) is 10.4 Å². The largest absolute Gasteiger partial charge is 0.271 e. The van der Waals surface area contributed by atoms with E-state index >= 15 is 0 Å². The molecule has 0 saturated carbocycles. The van der Waals surface area contributed by atoms with E-state index in [1.165, 1.54) is 10.4 Å². The Morgan fingerprint density at radius 2 is 2.35 bits per heavy atom. The summed E-state index contributed by atoms with van der Waals surface area (Å²) in [6, 6.07) is 8.54. The van der Waals surface area contributed by atoms with Gasteiger partial charge >= 0.3 is 0 Å². The molecule has 1 atom stereocenters. The zero-order chi connectivity index (χ0) is 12.1. The third-order valence-electron chi connectivity index (χ3n) is 2.78. The maximum Gasteiger partial charge on any atom is 0.0464 e. The molecule has 0 saturated heterocycles. The van der Waals surface area contributed by atoms with Crippen LogP contribution in [0.25, 0.3) is 0 Å². The van der Waals surface area contributed by atoms with E-state index in [4.69, 9.17) is 5.84 Å². The Morgan fingerprint density at radius 1 is 1.47 bits per heavy atom. The first-order valence-corrected chi connectivity index (χ1v) is 6.58. The van der Waals surface area contributed by atoms with Gasteiger partial charge in [-0.15, -0.1) is 11.3 Å². The van der Waals surface area contributed by atoms with Gasteiger partial charge in [0.2, 0.25) is 0 Å². The Labute approximate surface area is 106 Å². The number of nitrogens with zero attached hydrogens (tertiary/aromatic N) is 1. The molecule has 0 aliphatic carbocycles. The van der Waals surface area contributed by atoms with Crippen molar-refractivity contribution < 1.29 is 0 Å². The van der Waals surface area contributed by atoms with Crippen LogP contribution in [0.5, 0.6) is 0 Å². The lowest BCUT2D eigenvalue weighted by Gasteiger charge is -2.16. The number of aromatic nitrogens is 1. The highest BCUT2D eigenvalue weighted by molar-refractivity contribution is 7.09. The number of pyridine rings is 1. The fourth-order valence-electron chi connectivity index (χ4n) is 1.87. The number of rotatable bonds is 5. The highest BCUT2D eigenvalue weighted by atomic mass is 32.1. The van der Waals surface area contributed by atoms with Gasteiger partial charge in [0.25, 0.3) is 0 Å². The molecule has 2 aromatic heterocycles. The van der Waals surface area contributed by atoms with Gasteiger partial charge in [0.15, 0.2) is 0 Å². The van der Waals surface area contributed by atoms with Gasteiger partial charge < -0.3 is 0 Å². The summed E-state index contributed by atoms with van der Waals surface area (Å²) < 4.78 is 0. The Kier molecular flexibility index (Phi) is 4.25. The molecule has 0 aliphatic rings. The standard InChI is InChI=1S/C13H17N3S/c1-10-9-11(6-7-15-10)13(16-14)5-4-12-3-2-8-17-12/h2-3,6-9,13,16H,4-5,14H2,1H3. The van der Waals surface area contributed by atoms with Crippen molar-refractivity contribution in [3.05, 3.63) is 52.0 Å². The zero-order valence-electron chi connectivity index (χ0n) is 9.89. The molecule has 1 unspecified atom stereocenters. The van der Waals surface area contributed by atoms with E-state index in [0.29, 0.717) is 0 Å². The van der Waals surface area contributed by atoms with Crippen LogP contribution < -0.4 is 11.3 Å². The van der Waals surface area contributed by atoms with Gasteiger partial charge in [-0.25, -0.2) is 0 Å². The van der Waals surface area contributed by atoms with Gasteiger partial charge in [-0.1, -0.05) is 6.07 Å². The Hall–Kier alpha value is -1.23. The van der Waals surface area contributed by atoms with E-state index < -0.39 is 0 Å². The van der Waals surface area contributed by atoms with Crippen molar-refractivity contribution >= 4 is 11.3 Å². The highest BCUT2D eigenvalue weighted by Gasteiger charge is 2.10. The van der Waals surface area contributed by atoms with Crippen molar-refractivity contribution in [2.45, 2.75) is 25.8 Å². The second kappa shape index (κ2) is 5.91. The SMILES string of the molecule is Cc1cc(C(CCc2cccs2)NN)ccn1. The molecule has 3 N–H and O–H groups in total. The van der Waals surface area contributed by atoms with Gasteiger partial charge in [0.05, 0.1) is 0 Å². The van der Waals surface area contributed by atoms with Gasteiger partial charge in [-0.05, 0) is 48.9 Å². The first-order chi connectivity index (χ1) is 8.29. The Bertz CT molecular complexity index is 453. The topological polar surface area (TPSA) is 50.9 Å². The van der Waals surface area contributed by atoms with Crippen molar-refractivity contribution in [2.75, 3.05) is 0 Å². The number of hydrogen-bond acceptors (Lipinski definition) is 4. The van der Waals surface area contributed by atoms with Crippen molar-refractivity contribution in [2.24, 2.45) is 5.84 Å². The molecule has 0 radical (unpaired) electrons. The number of thiophene rings is 1. The summed E-state index contributed by atoms with van der Waals surface area (Å²) in [5.74, 6) is 5.63. The van der Waals surface area contributed by atoms with E-state index in [2.05, 4.69) is 34.0 Å². The average molecular weight is 247 g/mol. The average Bonchev–Trinajstić information content (AvgIpc) is 2.83. The molecule has 0 aliphatic heterocycles. The van der Waals surface area contributed by atoms with E-state index in [-0.39, 0.29) is 6.04 Å². The lowest BCUT2D eigenvalue weighted by atomic mass is 10.0. The number of hydrogen-bond donors (Lipinski definition) is 2. The minimum absolute atomic E-state index is 0.193. The predicted molar refractivity (Wildman–Crippen MR) is 71.7 cm³/mol. The minimum atomic E-state index is 0.193. The molecule has 2 heterocycles. The third kappa shape index (κ3) is 3.36. The molecule has 4 heteroatoms. The van der Waals surface area contributed by atoms with Crippen LogP contribution in [0.1, 0.15) is 28.6 Å². The van der Waals surface area contributed by atoms with Crippen LogP contribution in [0.15, 0.2) is 35.8 Å². The first kappa shape index (κ1) is 12.2. The summed E-state index contributed by atoms with van der Waals surface area (Å²) in [7, 11) is 0. The number of hydrazine groups is 1. The lowest BCUT2D eigenvalue weighted by Crippen LogP contribution is -2.28. The molecule has 0 aromatic carbocycles. The molecule has 0 bridgehead atoms. The van der Waals surface area contributed by atoms with Gasteiger partial charge in [0.1, 0.15) is 0 Å². The third-order valence-corrected chi connectivity index (χ3v) is 3.72.